The van der Waals surface area contributed by atoms with Gasteiger partial charge in [0.2, 0.25) is 0 Å². The Hall–Kier alpha value is -2.71. The average molecular weight is 361 g/mol. The Morgan fingerprint density at radius 2 is 2.00 bits per heavy atom. The number of hydrogen-bond donors (Lipinski definition) is 3. The molecule has 0 aliphatic carbocycles. The molecule has 0 radical (unpaired) electrons. The summed E-state index contributed by atoms with van der Waals surface area (Å²) in [4.78, 5) is 0. The van der Waals surface area contributed by atoms with Gasteiger partial charge in [-0.3, -0.25) is 4.72 Å². The van der Waals surface area contributed by atoms with Gasteiger partial charge in [0.15, 0.2) is 0 Å². The molecular formula is C17H19N3O4S. The second kappa shape index (κ2) is 7.04. The van der Waals surface area contributed by atoms with Gasteiger partial charge < -0.3 is 15.2 Å². The van der Waals surface area contributed by atoms with E-state index in [-0.39, 0.29) is 11.4 Å². The molecule has 7 nitrogen and oxygen atoms in total. The number of phenolic OH excluding ortho intramolecular Hbond substituents is 1. The third kappa shape index (κ3) is 3.70. The molecule has 2 aromatic carbocycles. The van der Waals surface area contributed by atoms with E-state index >= 15 is 0 Å². The topological polar surface area (TPSA) is 90.9 Å². The Morgan fingerprint density at radius 3 is 2.72 bits per heavy atom. The molecule has 0 atom stereocenters. The number of para-hydroxylation sites is 1. The van der Waals surface area contributed by atoms with Gasteiger partial charge >= 0.3 is 10.2 Å². The van der Waals surface area contributed by atoms with Crippen molar-refractivity contribution in [3.05, 3.63) is 66.0 Å². The third-order valence-electron chi connectivity index (χ3n) is 3.80. The lowest BCUT2D eigenvalue weighted by atomic mass is 10.1. The maximum atomic E-state index is 11.9. The van der Waals surface area contributed by atoms with Crippen LogP contribution in [0.1, 0.15) is 11.1 Å². The van der Waals surface area contributed by atoms with Crippen molar-refractivity contribution in [1.29, 1.82) is 0 Å². The highest BCUT2D eigenvalue weighted by atomic mass is 32.2. The summed E-state index contributed by atoms with van der Waals surface area (Å²) in [6, 6.07) is 12.6. The molecule has 1 aliphatic heterocycles. The minimum absolute atomic E-state index is 0.106. The summed E-state index contributed by atoms with van der Waals surface area (Å²) in [7, 11) is -2.05. The number of methoxy groups -OCH3 is 1. The summed E-state index contributed by atoms with van der Waals surface area (Å²) in [5.41, 5.74) is 2.08. The van der Waals surface area contributed by atoms with E-state index in [4.69, 9.17) is 4.74 Å². The van der Waals surface area contributed by atoms with Crippen LogP contribution in [0.15, 0.2) is 54.9 Å². The molecule has 132 valence electrons. The molecule has 0 fully saturated rings. The highest BCUT2D eigenvalue weighted by Gasteiger charge is 2.25. The smallest absolute Gasteiger partial charge is 0.327 e. The van der Waals surface area contributed by atoms with Crippen LogP contribution < -0.4 is 19.1 Å². The molecule has 0 unspecified atom stereocenters. The van der Waals surface area contributed by atoms with Crippen molar-refractivity contribution in [2.75, 3.05) is 11.4 Å². The van der Waals surface area contributed by atoms with Crippen LogP contribution in [0.5, 0.6) is 11.5 Å². The lowest BCUT2D eigenvalue weighted by Gasteiger charge is -2.17. The highest BCUT2D eigenvalue weighted by Crippen LogP contribution is 2.31. The summed E-state index contributed by atoms with van der Waals surface area (Å²) < 4.78 is 32.4. The molecule has 0 saturated carbocycles. The summed E-state index contributed by atoms with van der Waals surface area (Å²) in [6.07, 6.45) is 2.66. The minimum Gasteiger partial charge on any atom is -0.506 e. The zero-order chi connectivity index (χ0) is 17.9. The number of nitrogens with one attached hydrogen (secondary N) is 2. The maximum absolute atomic E-state index is 11.9. The second-order valence-corrected chi connectivity index (χ2v) is 7.05. The predicted molar refractivity (Wildman–Crippen MR) is 95.3 cm³/mol. The van der Waals surface area contributed by atoms with Crippen LogP contribution in [0.2, 0.25) is 0 Å². The molecule has 2 aromatic rings. The minimum atomic E-state index is -3.68. The Kier molecular flexibility index (Phi) is 4.82. The number of ether oxygens (including phenoxy) is 1. The van der Waals surface area contributed by atoms with E-state index in [1.807, 2.05) is 24.3 Å². The fourth-order valence-electron chi connectivity index (χ4n) is 2.58. The normalized spacial score (nSPS) is 15.2. The van der Waals surface area contributed by atoms with Crippen molar-refractivity contribution in [2.24, 2.45) is 0 Å². The van der Waals surface area contributed by atoms with Crippen LogP contribution in [-0.2, 0) is 23.3 Å². The first-order valence-corrected chi connectivity index (χ1v) is 9.08. The Bertz CT molecular complexity index is 897. The van der Waals surface area contributed by atoms with Gasteiger partial charge in [0.25, 0.3) is 0 Å². The van der Waals surface area contributed by atoms with Crippen molar-refractivity contribution >= 4 is 15.9 Å². The van der Waals surface area contributed by atoms with E-state index in [1.54, 1.807) is 19.2 Å². The lowest BCUT2D eigenvalue weighted by Crippen LogP contribution is -2.28. The van der Waals surface area contributed by atoms with E-state index in [9.17, 15) is 13.5 Å². The molecule has 25 heavy (non-hydrogen) atoms. The zero-order valence-corrected chi connectivity index (χ0v) is 14.5. The molecule has 0 bridgehead atoms. The van der Waals surface area contributed by atoms with Crippen molar-refractivity contribution in [1.82, 2.24) is 10.0 Å². The van der Waals surface area contributed by atoms with Gasteiger partial charge in [-0.25, -0.2) is 4.31 Å². The largest absolute Gasteiger partial charge is 0.506 e. The van der Waals surface area contributed by atoms with Crippen LogP contribution in [0.3, 0.4) is 0 Å². The van der Waals surface area contributed by atoms with Crippen molar-refractivity contribution in [2.45, 2.75) is 13.1 Å². The number of anilines is 1. The predicted octanol–water partition coefficient (Wildman–Crippen LogP) is 1.82. The van der Waals surface area contributed by atoms with E-state index in [1.165, 1.54) is 18.5 Å². The summed E-state index contributed by atoms with van der Waals surface area (Å²) in [5, 5.41) is 13.3. The summed E-state index contributed by atoms with van der Waals surface area (Å²) in [6.45, 7) is 1.11. The first-order chi connectivity index (χ1) is 12.0. The van der Waals surface area contributed by atoms with Gasteiger partial charge in [-0.2, -0.15) is 8.42 Å². The van der Waals surface area contributed by atoms with Gasteiger partial charge in [0, 0.05) is 31.1 Å². The molecular weight excluding hydrogens is 342 g/mol. The van der Waals surface area contributed by atoms with Crippen molar-refractivity contribution in [3.8, 4) is 11.5 Å². The standard InChI is InChI=1S/C17H19N3O4S/c1-24-17-5-3-2-4-14(17)12-18-11-13-6-7-16(21)15(10-13)20-9-8-19-25(20,22)23/h2-10,18-19,21H,11-12H2,1H3. The lowest BCUT2D eigenvalue weighted by molar-refractivity contribution is 0.407. The SMILES string of the molecule is COc1ccccc1CNCc1ccc(O)c(N2C=CNS2(=O)=O)c1. The fourth-order valence-corrected chi connectivity index (χ4v) is 3.55. The Morgan fingerprint density at radius 1 is 1.20 bits per heavy atom. The number of hydrogen-bond acceptors (Lipinski definition) is 5. The molecule has 0 spiro atoms. The summed E-state index contributed by atoms with van der Waals surface area (Å²) >= 11 is 0. The second-order valence-electron chi connectivity index (χ2n) is 5.47. The molecule has 8 heteroatoms. The van der Waals surface area contributed by atoms with E-state index in [2.05, 4.69) is 10.0 Å². The van der Waals surface area contributed by atoms with Crippen LogP contribution in [0.4, 0.5) is 5.69 Å². The van der Waals surface area contributed by atoms with Gasteiger partial charge in [0.1, 0.15) is 17.2 Å². The van der Waals surface area contributed by atoms with Gasteiger partial charge in [-0.15, -0.1) is 0 Å². The molecule has 0 aromatic heterocycles. The number of rotatable bonds is 6. The van der Waals surface area contributed by atoms with E-state index < -0.39 is 10.2 Å². The first-order valence-electron chi connectivity index (χ1n) is 7.64. The van der Waals surface area contributed by atoms with E-state index in [0.717, 1.165) is 21.2 Å². The zero-order valence-electron chi connectivity index (χ0n) is 13.6. The van der Waals surface area contributed by atoms with Gasteiger partial charge in [-0.05, 0) is 23.8 Å². The average Bonchev–Trinajstić information content (AvgIpc) is 2.96. The van der Waals surface area contributed by atoms with Crippen LogP contribution in [-0.4, -0.2) is 20.6 Å². The van der Waals surface area contributed by atoms with Gasteiger partial charge in [-0.1, -0.05) is 24.3 Å². The molecule has 3 N–H and O–H groups in total. The molecule has 1 aliphatic rings. The quantitative estimate of drug-likeness (QED) is 0.730. The highest BCUT2D eigenvalue weighted by molar-refractivity contribution is 7.91. The van der Waals surface area contributed by atoms with E-state index in [0.29, 0.717) is 13.1 Å². The fraction of sp³-hybridized carbons (Fsp3) is 0.176. The maximum Gasteiger partial charge on any atom is 0.327 e. The van der Waals surface area contributed by atoms with Crippen molar-refractivity contribution in [3.63, 3.8) is 0 Å². The van der Waals surface area contributed by atoms with Crippen LogP contribution >= 0.6 is 0 Å². The van der Waals surface area contributed by atoms with Crippen molar-refractivity contribution < 1.29 is 18.3 Å². The molecule has 3 rings (SSSR count). The van der Waals surface area contributed by atoms with Crippen LogP contribution in [0.25, 0.3) is 0 Å². The molecule has 0 saturated heterocycles. The Labute approximate surface area is 146 Å². The summed E-state index contributed by atoms with van der Waals surface area (Å²) in [5.74, 6) is 0.700. The number of aromatic hydroxyl groups is 1. The number of phenols is 1. The molecule has 0 amide bonds. The third-order valence-corrected chi connectivity index (χ3v) is 5.07. The Balaban J connectivity index is 1.72. The first kappa shape index (κ1) is 17.1. The molecule has 1 heterocycles. The van der Waals surface area contributed by atoms with Gasteiger partial charge in [0.05, 0.1) is 7.11 Å². The monoisotopic (exact) mass is 361 g/mol. The van der Waals surface area contributed by atoms with Crippen LogP contribution in [0, 0.1) is 0 Å². The number of nitrogens with zero attached hydrogens (tertiary/aromatic N) is 1. The number of benzene rings is 2.